The normalized spacial score (nSPS) is 11.9. The quantitative estimate of drug-likeness (QED) is 0.699. The van der Waals surface area contributed by atoms with Crippen molar-refractivity contribution in [3.05, 3.63) is 28.0 Å². The number of aliphatic hydroxyl groups is 1. The van der Waals surface area contributed by atoms with E-state index < -0.39 is 24.5 Å². The summed E-state index contributed by atoms with van der Waals surface area (Å²) in [6.45, 7) is -0.712. The van der Waals surface area contributed by atoms with Gasteiger partial charge in [-0.25, -0.2) is 9.78 Å². The van der Waals surface area contributed by atoms with Crippen LogP contribution >= 0.6 is 23.2 Å². The largest absolute Gasteiger partial charge is 0.480 e. The second-order valence-electron chi connectivity index (χ2n) is 3.04. The second kappa shape index (κ2) is 5.81. The summed E-state index contributed by atoms with van der Waals surface area (Å²) >= 11 is 11.2. The molecule has 0 radical (unpaired) electrons. The Hall–Kier alpha value is -1.37. The number of carboxylic acids is 1. The van der Waals surface area contributed by atoms with Crippen LogP contribution in [0.5, 0.6) is 0 Å². The van der Waals surface area contributed by atoms with Gasteiger partial charge in [-0.2, -0.15) is 0 Å². The fourth-order valence-corrected chi connectivity index (χ4v) is 1.24. The fourth-order valence-electron chi connectivity index (χ4n) is 0.972. The maximum atomic E-state index is 11.6. The third-order valence-corrected chi connectivity index (χ3v) is 2.53. The van der Waals surface area contributed by atoms with Gasteiger partial charge in [0.1, 0.15) is 5.15 Å². The number of pyridine rings is 1. The number of amides is 1. The van der Waals surface area contributed by atoms with E-state index in [-0.39, 0.29) is 15.7 Å². The zero-order valence-electron chi connectivity index (χ0n) is 8.35. The molecule has 1 unspecified atom stereocenters. The molecule has 0 fully saturated rings. The van der Waals surface area contributed by atoms with Gasteiger partial charge < -0.3 is 15.5 Å². The molecule has 1 aromatic rings. The monoisotopic (exact) mass is 278 g/mol. The van der Waals surface area contributed by atoms with Crippen LogP contribution in [-0.4, -0.2) is 39.7 Å². The minimum Gasteiger partial charge on any atom is -0.480 e. The maximum absolute atomic E-state index is 11.6. The molecular weight excluding hydrogens is 271 g/mol. The third kappa shape index (κ3) is 3.55. The molecule has 0 aliphatic rings. The molecule has 17 heavy (non-hydrogen) atoms. The Kier molecular flexibility index (Phi) is 4.68. The highest BCUT2D eigenvalue weighted by molar-refractivity contribution is 6.41. The first-order valence-corrected chi connectivity index (χ1v) is 5.17. The summed E-state index contributed by atoms with van der Waals surface area (Å²) in [5.74, 6) is -2.05. The Balaban J connectivity index is 2.82. The van der Waals surface area contributed by atoms with Gasteiger partial charge in [0.25, 0.3) is 5.91 Å². The highest BCUT2D eigenvalue weighted by Gasteiger charge is 2.20. The van der Waals surface area contributed by atoms with Gasteiger partial charge in [0.15, 0.2) is 6.04 Å². The molecule has 0 saturated heterocycles. The van der Waals surface area contributed by atoms with E-state index >= 15 is 0 Å². The lowest BCUT2D eigenvalue weighted by atomic mass is 10.2. The molecule has 0 aliphatic carbocycles. The average molecular weight is 279 g/mol. The highest BCUT2D eigenvalue weighted by Crippen LogP contribution is 2.19. The standard InChI is InChI=1S/C9H8Cl2N2O4/c10-5-1-4(2-12-7(5)11)8(15)13-6(3-14)9(16)17/h1-2,6,14H,3H2,(H,13,15)(H,16,17). The number of rotatable bonds is 4. The predicted molar refractivity (Wildman–Crippen MR) is 60.2 cm³/mol. The molecule has 1 amide bonds. The smallest absolute Gasteiger partial charge is 0.328 e. The van der Waals surface area contributed by atoms with E-state index in [4.69, 9.17) is 33.4 Å². The van der Waals surface area contributed by atoms with Crippen LogP contribution in [0.4, 0.5) is 0 Å². The van der Waals surface area contributed by atoms with Crippen molar-refractivity contribution >= 4 is 35.1 Å². The summed E-state index contributed by atoms with van der Waals surface area (Å²) in [6.07, 6.45) is 1.15. The first kappa shape index (κ1) is 13.7. The number of aromatic nitrogens is 1. The number of carboxylic acid groups (broad SMARTS) is 1. The van der Waals surface area contributed by atoms with E-state index in [0.717, 1.165) is 6.20 Å². The molecule has 0 saturated carbocycles. The molecule has 0 bridgehead atoms. The van der Waals surface area contributed by atoms with Gasteiger partial charge in [-0.3, -0.25) is 4.79 Å². The number of hydrogen-bond acceptors (Lipinski definition) is 4. The predicted octanol–water partition coefficient (Wildman–Crippen LogP) is 0.564. The number of hydrogen-bond donors (Lipinski definition) is 3. The van der Waals surface area contributed by atoms with Crippen molar-refractivity contribution in [3.8, 4) is 0 Å². The van der Waals surface area contributed by atoms with Gasteiger partial charge in [-0.15, -0.1) is 0 Å². The number of nitrogens with one attached hydrogen (secondary N) is 1. The molecule has 0 spiro atoms. The number of carbonyl (C=O) groups is 2. The van der Waals surface area contributed by atoms with E-state index in [1.165, 1.54) is 6.07 Å². The summed E-state index contributed by atoms with van der Waals surface area (Å²) in [5.41, 5.74) is 0.0547. The molecular formula is C9H8Cl2N2O4. The summed E-state index contributed by atoms with van der Waals surface area (Å²) in [6, 6.07) is -0.125. The van der Waals surface area contributed by atoms with Crippen molar-refractivity contribution in [1.82, 2.24) is 10.3 Å². The Bertz CT molecular complexity index is 453. The minimum absolute atomic E-state index is 0.0418. The molecule has 6 nitrogen and oxygen atoms in total. The molecule has 3 N–H and O–H groups in total. The number of aliphatic hydroxyl groups excluding tert-OH is 1. The number of aliphatic carboxylic acids is 1. The van der Waals surface area contributed by atoms with E-state index in [0.29, 0.717) is 0 Å². The first-order valence-electron chi connectivity index (χ1n) is 4.41. The van der Waals surface area contributed by atoms with Gasteiger partial charge in [-0.1, -0.05) is 23.2 Å². The van der Waals surface area contributed by atoms with E-state index in [1.807, 2.05) is 0 Å². The number of halogens is 2. The van der Waals surface area contributed by atoms with Crippen LogP contribution in [0, 0.1) is 0 Å². The highest BCUT2D eigenvalue weighted by atomic mass is 35.5. The lowest BCUT2D eigenvalue weighted by molar-refractivity contribution is -0.140. The molecule has 1 atom stereocenters. The van der Waals surface area contributed by atoms with E-state index in [1.54, 1.807) is 0 Å². The average Bonchev–Trinajstić information content (AvgIpc) is 2.28. The van der Waals surface area contributed by atoms with Crippen LogP contribution in [0.2, 0.25) is 10.2 Å². The maximum Gasteiger partial charge on any atom is 0.328 e. The van der Waals surface area contributed by atoms with Crippen molar-refractivity contribution in [2.75, 3.05) is 6.61 Å². The van der Waals surface area contributed by atoms with Crippen molar-refractivity contribution in [1.29, 1.82) is 0 Å². The summed E-state index contributed by atoms with van der Waals surface area (Å²) in [5, 5.41) is 19.6. The van der Waals surface area contributed by atoms with Crippen LogP contribution in [0.1, 0.15) is 10.4 Å². The molecule has 1 aromatic heterocycles. The van der Waals surface area contributed by atoms with Crippen LogP contribution < -0.4 is 5.32 Å². The van der Waals surface area contributed by atoms with Gasteiger partial charge in [0.2, 0.25) is 0 Å². The second-order valence-corrected chi connectivity index (χ2v) is 3.81. The van der Waals surface area contributed by atoms with Crippen molar-refractivity contribution < 1.29 is 19.8 Å². The Morgan fingerprint density at radius 1 is 1.47 bits per heavy atom. The Morgan fingerprint density at radius 3 is 2.59 bits per heavy atom. The van der Waals surface area contributed by atoms with Crippen LogP contribution in [0.15, 0.2) is 12.3 Å². The fraction of sp³-hybridized carbons (Fsp3) is 0.222. The molecule has 8 heteroatoms. The van der Waals surface area contributed by atoms with Gasteiger partial charge in [0, 0.05) is 6.20 Å². The molecule has 92 valence electrons. The molecule has 1 heterocycles. The topological polar surface area (TPSA) is 99.5 Å². The van der Waals surface area contributed by atoms with Crippen molar-refractivity contribution in [2.45, 2.75) is 6.04 Å². The molecule has 0 aromatic carbocycles. The lowest BCUT2D eigenvalue weighted by Crippen LogP contribution is -2.43. The Morgan fingerprint density at radius 2 is 2.12 bits per heavy atom. The van der Waals surface area contributed by atoms with E-state index in [9.17, 15) is 9.59 Å². The summed E-state index contributed by atoms with van der Waals surface area (Å²) in [7, 11) is 0. The Labute approximate surface area is 106 Å². The van der Waals surface area contributed by atoms with E-state index in [2.05, 4.69) is 10.3 Å². The van der Waals surface area contributed by atoms with Crippen LogP contribution in [0.3, 0.4) is 0 Å². The van der Waals surface area contributed by atoms with Crippen LogP contribution in [-0.2, 0) is 4.79 Å². The van der Waals surface area contributed by atoms with Gasteiger partial charge in [0.05, 0.1) is 17.2 Å². The minimum atomic E-state index is -1.38. The SMILES string of the molecule is O=C(NC(CO)C(=O)O)c1cnc(Cl)c(Cl)c1. The van der Waals surface area contributed by atoms with Crippen molar-refractivity contribution in [3.63, 3.8) is 0 Å². The lowest BCUT2D eigenvalue weighted by Gasteiger charge is -2.11. The molecule has 0 aliphatic heterocycles. The zero-order valence-corrected chi connectivity index (χ0v) is 9.87. The third-order valence-electron chi connectivity index (χ3n) is 1.84. The zero-order chi connectivity index (χ0) is 13.0. The van der Waals surface area contributed by atoms with Gasteiger partial charge in [-0.05, 0) is 6.07 Å². The number of carbonyl (C=O) groups excluding carboxylic acids is 1. The number of nitrogens with zero attached hydrogens (tertiary/aromatic N) is 1. The van der Waals surface area contributed by atoms with Crippen LogP contribution in [0.25, 0.3) is 0 Å². The molecule has 1 rings (SSSR count). The first-order chi connectivity index (χ1) is 7.95. The summed E-state index contributed by atoms with van der Waals surface area (Å²) in [4.78, 5) is 25.8. The van der Waals surface area contributed by atoms with Crippen molar-refractivity contribution in [2.24, 2.45) is 0 Å². The van der Waals surface area contributed by atoms with Gasteiger partial charge >= 0.3 is 5.97 Å². The summed E-state index contributed by atoms with van der Waals surface area (Å²) < 4.78 is 0.